The fourth-order valence-electron chi connectivity index (χ4n) is 14.8. The Balaban J connectivity index is 0.000000259. The molecule has 5 amide bonds. The van der Waals surface area contributed by atoms with Gasteiger partial charge in [-0.25, -0.2) is 19.2 Å². The fourth-order valence-corrected chi connectivity index (χ4v) is 14.8. The van der Waals surface area contributed by atoms with E-state index in [4.69, 9.17) is 25.1 Å². The Morgan fingerprint density at radius 2 is 0.896 bits per heavy atom. The predicted molar refractivity (Wildman–Crippen MR) is 452 cm³/mol. The normalized spacial score (nSPS) is 15.6. The number of fused-ring (bicyclic) bond motifs is 4. The molecule has 4 saturated carbocycles. The summed E-state index contributed by atoms with van der Waals surface area (Å²) in [5.74, 6) is 1.98. The third-order valence-electron chi connectivity index (χ3n) is 21.5. The van der Waals surface area contributed by atoms with Gasteiger partial charge in [-0.2, -0.15) is 15.3 Å². The van der Waals surface area contributed by atoms with E-state index < -0.39 is 22.8 Å². The summed E-state index contributed by atoms with van der Waals surface area (Å²) in [7, 11) is 0. The monoisotopic (exact) mass is 1610 g/mol. The van der Waals surface area contributed by atoms with Crippen molar-refractivity contribution in [3.05, 3.63) is 175 Å². The van der Waals surface area contributed by atoms with Crippen LogP contribution >= 0.6 is 12.4 Å². The summed E-state index contributed by atoms with van der Waals surface area (Å²) in [6.45, 7) is 30.0. The van der Waals surface area contributed by atoms with Crippen LogP contribution in [0.3, 0.4) is 0 Å². The molecule has 8 aliphatic rings. The Kier molecular flexibility index (Phi) is 36.3. The van der Waals surface area contributed by atoms with Gasteiger partial charge in [0.25, 0.3) is 11.8 Å². The number of nitrogens with zero attached hydrogens (tertiary/aromatic N) is 8. The van der Waals surface area contributed by atoms with E-state index in [-0.39, 0.29) is 95.0 Å². The molecule has 0 unspecified atom stereocenters. The Morgan fingerprint density at radius 1 is 0.522 bits per heavy atom. The Hall–Kier alpha value is -8.33. The third-order valence-corrected chi connectivity index (χ3v) is 21.5. The number of aromatic nitrogens is 6. The first-order valence-corrected chi connectivity index (χ1v) is 40.1. The quantitative estimate of drug-likeness (QED) is 0.0280. The molecule has 0 bridgehead atoms. The molecule has 4 fully saturated rings. The second kappa shape index (κ2) is 43.8. The Bertz CT molecular complexity index is 4360. The van der Waals surface area contributed by atoms with Crippen molar-refractivity contribution in [3.8, 4) is 0 Å². The summed E-state index contributed by atoms with van der Waals surface area (Å²) in [6, 6.07) is 29.3. The number of rotatable bonds is 17. The number of H-pyrrole nitrogens is 3. The Labute approximate surface area is 712 Å². The van der Waals surface area contributed by atoms with E-state index in [9.17, 15) is 33.6 Å². The number of hydrogen-bond donors (Lipinski definition) is 6. The maximum Gasteiger partial charge on any atom is 1.00 e. The van der Waals surface area contributed by atoms with Crippen molar-refractivity contribution < 1.29 is 83.9 Å². The fraction of sp³-hybridized carbons (Fsp3) is 0.545. The van der Waals surface area contributed by atoms with Crippen molar-refractivity contribution in [2.24, 2.45) is 29.4 Å². The maximum atomic E-state index is 13.2. The molecule has 0 spiro atoms. The van der Waals surface area contributed by atoms with Crippen LogP contribution in [0, 0.1) is 44.4 Å². The van der Waals surface area contributed by atoms with E-state index in [1.807, 2.05) is 122 Å². The number of benzene rings is 4. The molecule has 15 rings (SSSR count). The number of carbonyl (C=O) groups excluding carboxylic acids is 6. The summed E-state index contributed by atoms with van der Waals surface area (Å²) < 4.78 is 16.5. The molecule has 3 aliphatic heterocycles. The molecule has 7 aromatic rings. The minimum Gasteiger partial charge on any atom is -1.00 e. The summed E-state index contributed by atoms with van der Waals surface area (Å²) >= 11 is 0. The van der Waals surface area contributed by atoms with Gasteiger partial charge in [0.2, 0.25) is 0 Å². The van der Waals surface area contributed by atoms with Crippen molar-refractivity contribution in [3.63, 3.8) is 0 Å². The summed E-state index contributed by atoms with van der Waals surface area (Å²) in [5, 5.41) is 32.0. The molecule has 6 heterocycles. The van der Waals surface area contributed by atoms with Crippen LogP contribution in [0.4, 0.5) is 31.4 Å². The molecule has 0 atom stereocenters. The molecule has 4 aromatic carbocycles. The number of hydrogen-bond acceptors (Lipinski definition) is 15. The molecule has 5 aliphatic carbocycles. The summed E-state index contributed by atoms with van der Waals surface area (Å²) in [5.41, 5.74) is 20.8. The number of carboxylic acid groups (broad SMARTS) is 1. The SMILES string of the molecule is C.CC(C)(C)OC(=O)N1CCc2c(C=O)cccc21.CC(C)(C)OC(=O)N1CCc2c(CNCC3CCC3)cccc21.Cc1cc(C(=O)N(Cc2cccc3c2CCC3)CC2CCC2)n[nH]1.Cc1cc(C(=O)N(Cc2cccc3c2CCN3C(=O)OC(C)(C)C)CC2CCC2)n[nH]1.Cc1cc(C(=O)O)n[nH]1.Cl.NCC1CCC1.[B].[H-].[Na+]. The molecule has 115 heavy (non-hydrogen) atoms. The van der Waals surface area contributed by atoms with Crippen LogP contribution in [0.25, 0.3) is 0 Å². The molecular formula is C88H125BClN13NaO11. The second-order valence-corrected chi connectivity index (χ2v) is 33.9. The van der Waals surface area contributed by atoms with Gasteiger partial charge in [0.15, 0.2) is 5.69 Å². The average Bonchev–Trinajstić information content (AvgIpc) is 1.63. The number of anilines is 3. The predicted octanol–water partition coefficient (Wildman–Crippen LogP) is 13.7. The van der Waals surface area contributed by atoms with E-state index in [1.54, 1.807) is 39.8 Å². The van der Waals surface area contributed by atoms with Gasteiger partial charge in [-0.05, 0) is 291 Å². The first kappa shape index (κ1) is 95.5. The number of nitrogens with one attached hydrogen (secondary N) is 4. The minimum absolute atomic E-state index is 0. The maximum absolute atomic E-state index is 13.2. The van der Waals surface area contributed by atoms with Crippen LogP contribution in [0.5, 0.6) is 0 Å². The topological polar surface area (TPSA) is 308 Å². The number of aromatic carboxylic acids is 1. The van der Waals surface area contributed by atoms with E-state index in [0.717, 1.165) is 121 Å². The average molecular weight is 1610 g/mol. The number of halogens is 1. The number of aromatic amines is 3. The zero-order valence-electron chi connectivity index (χ0n) is 70.5. The van der Waals surface area contributed by atoms with Crippen molar-refractivity contribution in [1.29, 1.82) is 0 Å². The van der Waals surface area contributed by atoms with Crippen LogP contribution in [0.2, 0.25) is 0 Å². The first-order chi connectivity index (χ1) is 52.9. The molecule has 7 N–H and O–H groups in total. The number of nitrogens with two attached hydrogens (primary N) is 1. The molecule has 0 saturated heterocycles. The van der Waals surface area contributed by atoms with Gasteiger partial charge in [-0.15, -0.1) is 12.4 Å². The van der Waals surface area contributed by atoms with Crippen molar-refractivity contribution in [2.45, 2.75) is 243 Å². The molecular weight excluding hydrogens is 1480 g/mol. The van der Waals surface area contributed by atoms with Gasteiger partial charge in [0.05, 0.1) is 17.1 Å². The zero-order valence-corrected chi connectivity index (χ0v) is 72.3. The van der Waals surface area contributed by atoms with Crippen LogP contribution in [-0.4, -0.2) is 159 Å². The van der Waals surface area contributed by atoms with E-state index >= 15 is 0 Å². The first-order valence-electron chi connectivity index (χ1n) is 40.1. The third kappa shape index (κ3) is 27.1. The van der Waals surface area contributed by atoms with Crippen molar-refractivity contribution in [1.82, 2.24) is 45.7 Å². The van der Waals surface area contributed by atoms with Crippen LogP contribution in [0.15, 0.2) is 91.0 Å². The number of aryl methyl sites for hydroxylation is 4. The molecule has 24 nitrogen and oxygen atoms in total. The van der Waals surface area contributed by atoms with Crippen LogP contribution in [0.1, 0.15) is 258 Å². The Morgan fingerprint density at radius 3 is 1.25 bits per heavy atom. The second-order valence-electron chi connectivity index (χ2n) is 33.9. The van der Waals surface area contributed by atoms with Crippen LogP contribution in [-0.2, 0) is 65.9 Å². The van der Waals surface area contributed by atoms with E-state index in [2.05, 4.69) is 66.2 Å². The zero-order chi connectivity index (χ0) is 79.7. The number of carboxylic acids is 1. The van der Waals surface area contributed by atoms with Gasteiger partial charge < -0.3 is 41.6 Å². The molecule has 27 heteroatoms. The van der Waals surface area contributed by atoms with Gasteiger partial charge in [0, 0.05) is 83.4 Å². The number of ether oxygens (including phenoxy) is 3. The number of carbonyl (C=O) groups is 7. The van der Waals surface area contributed by atoms with Crippen molar-refractivity contribution in [2.75, 3.05) is 60.5 Å². The van der Waals surface area contributed by atoms with Crippen molar-refractivity contribution >= 4 is 80.2 Å². The molecule has 619 valence electrons. The van der Waals surface area contributed by atoms with Gasteiger partial charge in [-0.1, -0.05) is 87.7 Å². The van der Waals surface area contributed by atoms with E-state index in [1.165, 1.54) is 124 Å². The van der Waals surface area contributed by atoms with Gasteiger partial charge in [-0.3, -0.25) is 44.4 Å². The number of aldehydes is 1. The van der Waals surface area contributed by atoms with Crippen LogP contribution < -0.4 is 55.3 Å². The summed E-state index contributed by atoms with van der Waals surface area (Å²) in [6.07, 6.45) is 21.5. The largest absolute Gasteiger partial charge is 1.00 e. The van der Waals surface area contributed by atoms with Gasteiger partial charge in [0.1, 0.15) is 34.5 Å². The molecule has 3 aromatic heterocycles. The smallest absolute Gasteiger partial charge is 1.00 e. The standard InChI is InChI=1S/C24H32N4O3.C20H25N3O.C19H28N2O2.C14H17NO3.C5H6N2O2.C5H11N.CH4.B.ClH.Na.H/c1-16-13-20(26-25-16)22(29)27(14-17-7-5-8-17)15-18-9-6-10-21-19(18)11-12-28(21)23(30)31-24(2,3)4;1-14-11-19(22-21-14)20(24)23(12-15-5-2-6-15)13-17-9-3-7-16-8-4-10-18(16)17;1-19(2,3)23-18(22)21-11-10-16-15(8-5-9-17(16)21)13-20-12-14-6-4-7-14;1-14(2,3)18-13(17)15-8-7-11-10(9-16)5-4-6-12(11)15;1-3-2-4(5(8)9)7-6-3;6-4-5-2-1-3-5;;;;;/h6,9-10,13,17H,5,7-8,11-12,14-15H2,1-4H3,(H,25,26);3,7,9,11,15H,2,4-6,8,10,12-13H2,1H3,(H,21,22);5,8-9,14,20H,4,6-7,10-13H2,1-3H3;4-6,9H,7-8H2,1-3H3;2H,1H3,(H,6,7)(H,8,9);5H,1-4,6H2;1H4;;1H;;/q;;;;;;;;;+1;-1. The number of amides is 5. The summed E-state index contributed by atoms with van der Waals surface area (Å²) in [4.78, 5) is 93.4. The minimum atomic E-state index is -1.00. The van der Waals surface area contributed by atoms with E-state index in [0.29, 0.717) is 67.9 Å². The molecule has 3 radical (unpaired) electrons. The van der Waals surface area contributed by atoms with Gasteiger partial charge >= 0.3 is 53.8 Å².